The average molecular weight is 275 g/mol. The largest absolute Gasteiger partial charge is 0.390 e. The number of aliphatic hydroxyl groups is 1. The van der Waals surface area contributed by atoms with E-state index in [1.165, 1.54) is 4.90 Å². The van der Waals surface area contributed by atoms with Gasteiger partial charge in [0.25, 0.3) is 0 Å². The van der Waals surface area contributed by atoms with E-state index < -0.39 is 5.60 Å². The van der Waals surface area contributed by atoms with E-state index in [1.807, 2.05) is 32.0 Å². The fourth-order valence-corrected chi connectivity index (χ4v) is 2.80. The maximum Gasteiger partial charge on any atom is 0.0599 e. The number of hydrogen-bond acceptors (Lipinski definition) is 2. The summed E-state index contributed by atoms with van der Waals surface area (Å²) in [7, 11) is 0. The first-order valence-corrected chi connectivity index (χ1v) is 6.36. The molecule has 0 heterocycles. The Morgan fingerprint density at radius 3 is 2.57 bits per heavy atom. The highest BCUT2D eigenvalue weighted by molar-refractivity contribution is 9.10. The lowest BCUT2D eigenvalue weighted by atomic mass is 10.1. The quantitative estimate of drug-likeness (QED) is 0.845. The van der Waals surface area contributed by atoms with E-state index in [0.29, 0.717) is 0 Å². The van der Waals surface area contributed by atoms with Gasteiger partial charge in [-0.2, -0.15) is 0 Å². The van der Waals surface area contributed by atoms with E-state index in [2.05, 4.69) is 22.0 Å². The van der Waals surface area contributed by atoms with Crippen LogP contribution < -0.4 is 0 Å². The summed E-state index contributed by atoms with van der Waals surface area (Å²) in [6, 6.07) is 8.15. The predicted molar refractivity (Wildman–Crippen MR) is 65.8 cm³/mol. The molecule has 1 nitrogen and oxygen atoms in total. The monoisotopic (exact) mass is 274 g/mol. The van der Waals surface area contributed by atoms with E-state index in [0.717, 1.165) is 16.6 Å². The Balaban J connectivity index is 2.43. The molecule has 0 fully saturated rings. The van der Waals surface area contributed by atoms with Gasteiger partial charge in [-0.1, -0.05) is 12.1 Å². The molecule has 0 radical (unpaired) electrons. The minimum Gasteiger partial charge on any atom is -0.390 e. The maximum atomic E-state index is 9.54. The Bertz CT molecular complexity index is 294. The average Bonchev–Trinajstić information content (AvgIpc) is 2.06. The maximum absolute atomic E-state index is 9.54. The van der Waals surface area contributed by atoms with E-state index in [4.69, 9.17) is 0 Å². The highest BCUT2D eigenvalue weighted by Crippen LogP contribution is 2.28. The van der Waals surface area contributed by atoms with Crippen LogP contribution in [0, 0.1) is 0 Å². The van der Waals surface area contributed by atoms with E-state index in [1.54, 1.807) is 11.8 Å². The van der Waals surface area contributed by atoms with Gasteiger partial charge in [0.2, 0.25) is 0 Å². The normalized spacial score (nSPS) is 11.7. The molecule has 0 aliphatic carbocycles. The molecule has 14 heavy (non-hydrogen) atoms. The Morgan fingerprint density at radius 1 is 1.36 bits per heavy atom. The molecule has 0 aliphatic heterocycles. The molecule has 0 unspecified atom stereocenters. The van der Waals surface area contributed by atoms with Gasteiger partial charge < -0.3 is 5.11 Å². The molecular weight excluding hydrogens is 260 g/mol. The topological polar surface area (TPSA) is 20.2 Å². The van der Waals surface area contributed by atoms with Crippen molar-refractivity contribution in [2.45, 2.75) is 30.8 Å². The molecule has 0 atom stereocenters. The Morgan fingerprint density at radius 2 is 2.00 bits per heavy atom. The van der Waals surface area contributed by atoms with Crippen LogP contribution in [0.5, 0.6) is 0 Å². The summed E-state index contributed by atoms with van der Waals surface area (Å²) in [5, 5.41) is 9.54. The second-order valence-corrected chi connectivity index (χ2v) is 5.83. The molecule has 3 heteroatoms. The molecule has 1 rings (SSSR count). The number of halogens is 1. The predicted octanol–water partition coefficient (Wildman–Crippen LogP) is 3.70. The summed E-state index contributed by atoms with van der Waals surface area (Å²) in [4.78, 5) is 1.23. The van der Waals surface area contributed by atoms with Crippen LogP contribution in [0.2, 0.25) is 0 Å². The summed E-state index contributed by atoms with van der Waals surface area (Å²) < 4.78 is 1.13. The number of rotatable bonds is 4. The van der Waals surface area contributed by atoms with Crippen LogP contribution in [0.25, 0.3) is 0 Å². The van der Waals surface area contributed by atoms with Gasteiger partial charge in [0, 0.05) is 15.1 Å². The first-order valence-electron chi connectivity index (χ1n) is 4.59. The lowest BCUT2D eigenvalue weighted by Gasteiger charge is -2.16. The highest BCUT2D eigenvalue weighted by atomic mass is 79.9. The second kappa shape index (κ2) is 5.19. The van der Waals surface area contributed by atoms with Crippen molar-refractivity contribution < 1.29 is 5.11 Å². The van der Waals surface area contributed by atoms with Gasteiger partial charge in [0.05, 0.1) is 5.60 Å². The summed E-state index contributed by atoms with van der Waals surface area (Å²) in [6.07, 6.45) is 0.805. The van der Waals surface area contributed by atoms with Crippen LogP contribution in [0.15, 0.2) is 33.6 Å². The van der Waals surface area contributed by atoms with Crippen LogP contribution in [-0.2, 0) is 0 Å². The number of benzene rings is 1. The fraction of sp³-hybridized carbons (Fsp3) is 0.455. The fourth-order valence-electron chi connectivity index (χ4n) is 0.973. The molecule has 1 aromatic rings. The third-order valence-corrected chi connectivity index (χ3v) is 3.84. The van der Waals surface area contributed by atoms with Crippen molar-refractivity contribution in [1.29, 1.82) is 0 Å². The van der Waals surface area contributed by atoms with Crippen molar-refractivity contribution in [2.24, 2.45) is 0 Å². The van der Waals surface area contributed by atoms with E-state index in [9.17, 15) is 5.11 Å². The molecule has 0 bridgehead atoms. The van der Waals surface area contributed by atoms with Crippen molar-refractivity contribution >= 4 is 27.7 Å². The zero-order valence-electron chi connectivity index (χ0n) is 8.46. The third kappa shape index (κ3) is 4.49. The molecule has 1 N–H and O–H groups in total. The molecule has 78 valence electrons. The molecule has 0 aromatic heterocycles. The lowest BCUT2D eigenvalue weighted by molar-refractivity contribution is 0.0778. The minimum atomic E-state index is -0.561. The third-order valence-electron chi connectivity index (χ3n) is 1.81. The lowest BCUT2D eigenvalue weighted by Crippen LogP contribution is -2.18. The van der Waals surface area contributed by atoms with Crippen LogP contribution in [0.3, 0.4) is 0 Å². The van der Waals surface area contributed by atoms with Gasteiger partial charge in [0.1, 0.15) is 0 Å². The second-order valence-electron chi connectivity index (χ2n) is 3.84. The number of hydrogen-bond donors (Lipinski definition) is 1. The van der Waals surface area contributed by atoms with Crippen molar-refractivity contribution in [2.75, 3.05) is 5.75 Å². The molecule has 0 aliphatic rings. The molecule has 0 amide bonds. The van der Waals surface area contributed by atoms with Gasteiger partial charge in [-0.25, -0.2) is 0 Å². The molecule has 0 saturated carbocycles. The van der Waals surface area contributed by atoms with Gasteiger partial charge in [-0.05, 0) is 48.3 Å². The standard InChI is InChI=1S/C11H15BrOS/c1-11(2,13)7-8-14-10-6-4-3-5-9(10)12/h3-6,13H,7-8H2,1-2H3. The van der Waals surface area contributed by atoms with Gasteiger partial charge in [-0.3, -0.25) is 0 Å². The van der Waals surface area contributed by atoms with Crippen molar-refractivity contribution in [3.8, 4) is 0 Å². The zero-order chi connectivity index (χ0) is 10.6. The van der Waals surface area contributed by atoms with Crippen LogP contribution >= 0.6 is 27.7 Å². The highest BCUT2D eigenvalue weighted by Gasteiger charge is 2.12. The Labute approximate surface area is 98.0 Å². The van der Waals surface area contributed by atoms with Crippen LogP contribution in [-0.4, -0.2) is 16.5 Å². The van der Waals surface area contributed by atoms with Crippen molar-refractivity contribution in [3.05, 3.63) is 28.7 Å². The first kappa shape index (κ1) is 12.1. The zero-order valence-corrected chi connectivity index (χ0v) is 10.9. The Kier molecular flexibility index (Phi) is 4.48. The SMILES string of the molecule is CC(C)(O)CCSc1ccccc1Br. The summed E-state index contributed by atoms with van der Waals surface area (Å²) >= 11 is 5.26. The number of thioether (sulfide) groups is 1. The van der Waals surface area contributed by atoms with Crippen LogP contribution in [0.4, 0.5) is 0 Å². The minimum absolute atomic E-state index is 0.561. The molecule has 0 saturated heterocycles. The van der Waals surface area contributed by atoms with Crippen molar-refractivity contribution in [1.82, 2.24) is 0 Å². The molecular formula is C11H15BrOS. The van der Waals surface area contributed by atoms with Crippen molar-refractivity contribution in [3.63, 3.8) is 0 Å². The van der Waals surface area contributed by atoms with E-state index in [-0.39, 0.29) is 0 Å². The molecule has 0 spiro atoms. The smallest absolute Gasteiger partial charge is 0.0599 e. The van der Waals surface area contributed by atoms with Gasteiger partial charge in [0.15, 0.2) is 0 Å². The Hall–Kier alpha value is 0.01000. The summed E-state index contributed by atoms with van der Waals surface area (Å²) in [5.74, 6) is 0.937. The first-order chi connectivity index (χ1) is 6.49. The molecule has 1 aromatic carbocycles. The summed E-state index contributed by atoms with van der Waals surface area (Å²) in [5.41, 5.74) is -0.561. The van der Waals surface area contributed by atoms with Gasteiger partial charge in [-0.15, -0.1) is 11.8 Å². The van der Waals surface area contributed by atoms with E-state index >= 15 is 0 Å². The van der Waals surface area contributed by atoms with Crippen LogP contribution in [0.1, 0.15) is 20.3 Å². The summed E-state index contributed by atoms with van der Waals surface area (Å²) in [6.45, 7) is 3.68. The van der Waals surface area contributed by atoms with Gasteiger partial charge >= 0.3 is 0 Å².